The van der Waals surface area contributed by atoms with Crippen LogP contribution in [-0.2, 0) is 23.0 Å². The summed E-state index contributed by atoms with van der Waals surface area (Å²) in [7, 11) is -3.33. The van der Waals surface area contributed by atoms with Gasteiger partial charge in [0.05, 0.1) is 12.3 Å². The van der Waals surface area contributed by atoms with E-state index >= 15 is 0 Å². The van der Waals surface area contributed by atoms with Crippen LogP contribution in [0.25, 0.3) is 0 Å². The van der Waals surface area contributed by atoms with E-state index in [9.17, 15) is 8.42 Å². The number of hydrogen-bond donors (Lipinski definition) is 2. The summed E-state index contributed by atoms with van der Waals surface area (Å²) in [5, 5.41) is 7.97. The first-order valence-electron chi connectivity index (χ1n) is 5.30. The van der Waals surface area contributed by atoms with Crippen molar-refractivity contribution in [2.24, 2.45) is 5.14 Å². The summed E-state index contributed by atoms with van der Waals surface area (Å²) in [4.78, 5) is 0. The molecule has 5 nitrogen and oxygen atoms in total. The second kappa shape index (κ2) is 6.03. The highest BCUT2D eigenvalue weighted by molar-refractivity contribution is 7.89. The first-order chi connectivity index (χ1) is 7.51. The van der Waals surface area contributed by atoms with E-state index in [1.807, 2.05) is 19.1 Å². The highest BCUT2D eigenvalue weighted by atomic mass is 32.2. The van der Waals surface area contributed by atoms with Crippen LogP contribution in [0.3, 0.4) is 0 Å². The van der Waals surface area contributed by atoms with Crippen molar-refractivity contribution in [3.63, 3.8) is 0 Å². The topological polar surface area (TPSA) is 85.3 Å². The van der Waals surface area contributed by atoms with E-state index in [1.165, 1.54) is 0 Å². The first-order valence-corrected chi connectivity index (χ1v) is 7.01. The Hall–Kier alpha value is -0.850. The van der Waals surface area contributed by atoms with Gasteiger partial charge >= 0.3 is 0 Å². The maximum absolute atomic E-state index is 10.6. The van der Waals surface area contributed by atoms with E-state index in [-0.39, 0.29) is 5.75 Å². The van der Waals surface area contributed by atoms with Crippen LogP contribution in [0.15, 0.2) is 16.5 Å². The maximum atomic E-state index is 10.6. The minimum atomic E-state index is -3.33. The van der Waals surface area contributed by atoms with Crippen LogP contribution >= 0.6 is 0 Å². The van der Waals surface area contributed by atoms with Crippen LogP contribution in [0.1, 0.15) is 24.9 Å². The van der Waals surface area contributed by atoms with E-state index in [0.29, 0.717) is 19.5 Å². The average Bonchev–Trinajstić information content (AvgIpc) is 2.63. The second-order valence-electron chi connectivity index (χ2n) is 3.62. The summed E-state index contributed by atoms with van der Waals surface area (Å²) >= 11 is 0. The van der Waals surface area contributed by atoms with Gasteiger partial charge in [-0.1, -0.05) is 6.92 Å². The van der Waals surface area contributed by atoms with Crippen molar-refractivity contribution in [3.05, 3.63) is 23.7 Å². The molecular formula is C10H18N2O3S. The molecule has 0 atom stereocenters. The quantitative estimate of drug-likeness (QED) is 0.690. The van der Waals surface area contributed by atoms with Gasteiger partial charge in [-0.2, -0.15) is 0 Å². The van der Waals surface area contributed by atoms with Crippen LogP contribution in [0, 0.1) is 0 Å². The Morgan fingerprint density at radius 1 is 1.38 bits per heavy atom. The molecule has 0 aliphatic rings. The number of furan rings is 1. The van der Waals surface area contributed by atoms with Crippen LogP contribution in [-0.4, -0.2) is 20.7 Å². The lowest BCUT2D eigenvalue weighted by Gasteiger charge is -2.01. The minimum absolute atomic E-state index is 0.0123. The smallest absolute Gasteiger partial charge is 0.209 e. The van der Waals surface area contributed by atoms with Gasteiger partial charge in [-0.05, 0) is 25.1 Å². The van der Waals surface area contributed by atoms with Crippen molar-refractivity contribution in [2.75, 3.05) is 12.3 Å². The van der Waals surface area contributed by atoms with Crippen LogP contribution in [0.5, 0.6) is 0 Å². The molecular weight excluding hydrogens is 228 g/mol. The second-order valence-corrected chi connectivity index (χ2v) is 5.35. The van der Waals surface area contributed by atoms with Crippen LogP contribution in [0.2, 0.25) is 0 Å². The van der Waals surface area contributed by atoms with Gasteiger partial charge < -0.3 is 9.73 Å². The number of hydrogen-bond acceptors (Lipinski definition) is 4. The molecule has 6 heteroatoms. The molecule has 0 aliphatic heterocycles. The van der Waals surface area contributed by atoms with Crippen LogP contribution < -0.4 is 10.5 Å². The molecule has 16 heavy (non-hydrogen) atoms. The molecule has 0 aromatic carbocycles. The average molecular weight is 246 g/mol. The molecule has 0 aliphatic carbocycles. The number of primary sulfonamides is 1. The van der Waals surface area contributed by atoms with Crippen molar-refractivity contribution >= 4 is 10.0 Å². The molecule has 0 saturated carbocycles. The fraction of sp³-hybridized carbons (Fsp3) is 0.600. The Labute approximate surface area is 96.1 Å². The normalized spacial score (nSPS) is 11.9. The first kappa shape index (κ1) is 13.2. The van der Waals surface area contributed by atoms with Gasteiger partial charge in [0, 0.05) is 6.42 Å². The summed E-state index contributed by atoms with van der Waals surface area (Å²) in [6, 6.07) is 3.87. The lowest BCUT2D eigenvalue weighted by atomic mass is 10.3. The molecule has 1 aromatic heterocycles. The Morgan fingerprint density at radius 3 is 2.62 bits per heavy atom. The number of rotatable bonds is 7. The minimum Gasteiger partial charge on any atom is -0.465 e. The molecule has 0 fully saturated rings. The number of sulfonamides is 1. The van der Waals surface area contributed by atoms with Crippen molar-refractivity contribution < 1.29 is 12.8 Å². The molecule has 0 saturated heterocycles. The largest absolute Gasteiger partial charge is 0.465 e. The summed E-state index contributed by atoms with van der Waals surface area (Å²) < 4.78 is 26.8. The summed E-state index contributed by atoms with van der Waals surface area (Å²) in [5.41, 5.74) is 0. The fourth-order valence-corrected chi connectivity index (χ4v) is 1.86. The van der Waals surface area contributed by atoms with Gasteiger partial charge in [0.1, 0.15) is 11.5 Å². The third kappa shape index (κ3) is 5.29. The highest BCUT2D eigenvalue weighted by Crippen LogP contribution is 2.07. The van der Waals surface area contributed by atoms with Gasteiger partial charge in [0.25, 0.3) is 0 Å². The molecule has 0 spiro atoms. The van der Waals surface area contributed by atoms with Gasteiger partial charge in [-0.25, -0.2) is 13.6 Å². The van der Waals surface area contributed by atoms with E-state index < -0.39 is 10.0 Å². The Bertz CT molecular complexity index is 411. The van der Waals surface area contributed by atoms with Gasteiger partial charge in [-0.15, -0.1) is 0 Å². The van der Waals surface area contributed by atoms with Gasteiger partial charge in [0.15, 0.2) is 0 Å². The lowest BCUT2D eigenvalue weighted by molar-refractivity contribution is 0.450. The zero-order valence-corrected chi connectivity index (χ0v) is 10.2. The Kier molecular flexibility index (Phi) is 4.98. The molecule has 0 bridgehead atoms. The van der Waals surface area contributed by atoms with Gasteiger partial charge in [0.2, 0.25) is 10.0 Å². The molecule has 1 heterocycles. The van der Waals surface area contributed by atoms with Crippen LogP contribution in [0.4, 0.5) is 0 Å². The molecule has 0 amide bonds. The summed E-state index contributed by atoms with van der Waals surface area (Å²) in [6.45, 7) is 3.26. The van der Waals surface area contributed by atoms with Crippen molar-refractivity contribution in [2.45, 2.75) is 26.3 Å². The van der Waals surface area contributed by atoms with Crippen molar-refractivity contribution in [1.29, 1.82) is 0 Å². The number of aryl methyl sites for hydroxylation is 1. The highest BCUT2D eigenvalue weighted by Gasteiger charge is 2.02. The van der Waals surface area contributed by atoms with Crippen molar-refractivity contribution in [3.8, 4) is 0 Å². The van der Waals surface area contributed by atoms with E-state index in [1.54, 1.807) is 0 Å². The zero-order valence-electron chi connectivity index (χ0n) is 9.40. The van der Waals surface area contributed by atoms with Gasteiger partial charge in [-0.3, -0.25) is 0 Å². The molecule has 0 radical (unpaired) electrons. The third-order valence-corrected chi connectivity index (χ3v) is 3.01. The number of nitrogens with two attached hydrogens (primary N) is 1. The third-order valence-electron chi connectivity index (χ3n) is 2.15. The van der Waals surface area contributed by atoms with E-state index in [0.717, 1.165) is 17.9 Å². The number of nitrogens with one attached hydrogen (secondary N) is 1. The Balaban J connectivity index is 2.16. The summed E-state index contributed by atoms with van der Waals surface area (Å²) in [5.74, 6) is 1.84. The van der Waals surface area contributed by atoms with E-state index in [4.69, 9.17) is 9.56 Å². The molecule has 3 N–H and O–H groups in total. The molecule has 1 rings (SSSR count). The molecule has 92 valence electrons. The van der Waals surface area contributed by atoms with E-state index in [2.05, 4.69) is 5.32 Å². The predicted molar refractivity (Wildman–Crippen MR) is 62.4 cm³/mol. The lowest BCUT2D eigenvalue weighted by Crippen LogP contribution is -2.21. The summed E-state index contributed by atoms with van der Waals surface area (Å²) in [6.07, 6.45) is 1.39. The van der Waals surface area contributed by atoms with Crippen molar-refractivity contribution in [1.82, 2.24) is 5.32 Å². The SMILES string of the molecule is CCc1ccc(CNCCCS(N)(=O)=O)o1. The standard InChI is InChI=1S/C10H18N2O3S/c1-2-9-4-5-10(15-9)8-12-6-3-7-16(11,13)14/h4-5,12H,2-3,6-8H2,1H3,(H2,11,13,14). The zero-order chi connectivity index (χ0) is 12.0. The maximum Gasteiger partial charge on any atom is 0.209 e. The molecule has 0 unspecified atom stereocenters. The monoisotopic (exact) mass is 246 g/mol. The predicted octanol–water partition coefficient (Wildman–Crippen LogP) is 0.610. The fourth-order valence-electron chi connectivity index (χ4n) is 1.32. The molecule has 1 aromatic rings. The Morgan fingerprint density at radius 2 is 2.06 bits per heavy atom.